The van der Waals surface area contributed by atoms with Crippen molar-refractivity contribution in [1.29, 1.82) is 0 Å². The maximum Gasteiger partial charge on any atom is 0.307 e. The van der Waals surface area contributed by atoms with Gasteiger partial charge in [0.15, 0.2) is 0 Å². The summed E-state index contributed by atoms with van der Waals surface area (Å²) in [5.74, 6) is -1.87. The molecule has 5 heteroatoms. The number of halogens is 1. The van der Waals surface area contributed by atoms with E-state index in [0.29, 0.717) is 17.5 Å². The number of amides is 1. The second-order valence-corrected chi connectivity index (χ2v) is 6.49. The molecule has 4 aliphatic carbocycles. The molecular weight excluding hydrogens is 285 g/mol. The molecule has 5 rings (SSSR count). The molecule has 2 saturated carbocycles. The van der Waals surface area contributed by atoms with E-state index in [1.165, 1.54) is 24.3 Å². The zero-order valence-corrected chi connectivity index (χ0v) is 11.8. The number of fused-ring (bicyclic) bond motifs is 1. The molecule has 1 amide bonds. The van der Waals surface area contributed by atoms with Crippen LogP contribution in [0.15, 0.2) is 36.4 Å². The van der Waals surface area contributed by atoms with Crippen LogP contribution in [0.1, 0.15) is 6.42 Å². The molecule has 0 spiro atoms. The zero-order valence-electron chi connectivity index (χ0n) is 11.8. The molecule has 1 aromatic carbocycles. The monoisotopic (exact) mass is 301 g/mol. The number of benzene rings is 1. The number of aliphatic carboxylic acids is 1. The maximum absolute atomic E-state index is 12.9. The minimum atomic E-state index is -0.899. The molecule has 4 nitrogen and oxygen atoms in total. The molecule has 0 heterocycles. The molecule has 6 atom stereocenters. The molecule has 0 aromatic heterocycles. The zero-order chi connectivity index (χ0) is 15.4. The van der Waals surface area contributed by atoms with E-state index >= 15 is 0 Å². The van der Waals surface area contributed by atoms with E-state index in [4.69, 9.17) is 0 Å². The Kier molecular flexibility index (Phi) is 2.86. The van der Waals surface area contributed by atoms with Crippen molar-refractivity contribution < 1.29 is 19.1 Å². The highest BCUT2D eigenvalue weighted by Gasteiger charge is 2.62. The minimum Gasteiger partial charge on any atom is -0.481 e. The van der Waals surface area contributed by atoms with Gasteiger partial charge in [-0.3, -0.25) is 9.59 Å². The van der Waals surface area contributed by atoms with E-state index in [2.05, 4.69) is 5.32 Å². The van der Waals surface area contributed by atoms with Gasteiger partial charge in [-0.15, -0.1) is 0 Å². The highest BCUT2D eigenvalue weighted by molar-refractivity contribution is 5.96. The highest BCUT2D eigenvalue weighted by atomic mass is 19.1. The maximum atomic E-state index is 12.9. The Morgan fingerprint density at radius 2 is 1.64 bits per heavy atom. The molecule has 22 heavy (non-hydrogen) atoms. The summed E-state index contributed by atoms with van der Waals surface area (Å²) in [6.45, 7) is 0. The summed E-state index contributed by atoms with van der Waals surface area (Å²) in [5.41, 5.74) is 0.494. The number of rotatable bonds is 3. The van der Waals surface area contributed by atoms with Gasteiger partial charge in [0, 0.05) is 5.69 Å². The fourth-order valence-electron chi connectivity index (χ4n) is 4.33. The van der Waals surface area contributed by atoms with Crippen LogP contribution in [0, 0.1) is 41.3 Å². The normalized spacial score (nSPS) is 37.5. The number of nitrogens with one attached hydrogen (secondary N) is 1. The molecule has 114 valence electrons. The third-order valence-corrected chi connectivity index (χ3v) is 5.35. The van der Waals surface area contributed by atoms with Crippen molar-refractivity contribution >= 4 is 17.6 Å². The lowest BCUT2D eigenvalue weighted by molar-refractivity contribution is -0.152. The third-order valence-electron chi connectivity index (χ3n) is 5.35. The Bertz CT molecular complexity index is 669. The lowest BCUT2D eigenvalue weighted by atomic mass is 9.62. The lowest BCUT2D eigenvalue weighted by Crippen LogP contribution is -2.48. The third kappa shape index (κ3) is 1.95. The predicted octanol–water partition coefficient (Wildman–Crippen LogP) is 2.53. The van der Waals surface area contributed by atoms with Gasteiger partial charge < -0.3 is 10.4 Å². The van der Waals surface area contributed by atoms with E-state index in [9.17, 15) is 19.1 Å². The fourth-order valence-corrected chi connectivity index (χ4v) is 4.33. The predicted molar refractivity (Wildman–Crippen MR) is 77.4 cm³/mol. The van der Waals surface area contributed by atoms with Crippen molar-refractivity contribution in [3.05, 3.63) is 42.2 Å². The standard InChI is InChI=1S/C17H16FNO3/c18-8-1-3-9(4-2-8)19-16(20)14-10-5-6-11(13-7-12(10)13)15(14)17(21)22/h1-6,10-15H,7H2,(H,19,20)(H,21,22). The van der Waals surface area contributed by atoms with Gasteiger partial charge in [-0.05, 0) is 54.4 Å². The molecule has 0 saturated heterocycles. The van der Waals surface area contributed by atoms with Gasteiger partial charge >= 0.3 is 5.97 Å². The average molecular weight is 301 g/mol. The van der Waals surface area contributed by atoms with Gasteiger partial charge in [-0.25, -0.2) is 4.39 Å². The van der Waals surface area contributed by atoms with Gasteiger partial charge in [0.05, 0.1) is 11.8 Å². The van der Waals surface area contributed by atoms with E-state index in [1.54, 1.807) is 0 Å². The van der Waals surface area contributed by atoms with Crippen molar-refractivity contribution in [2.75, 3.05) is 5.32 Å². The summed E-state index contributed by atoms with van der Waals surface area (Å²) >= 11 is 0. The summed E-state index contributed by atoms with van der Waals surface area (Å²) < 4.78 is 12.9. The molecule has 0 aliphatic heterocycles. The molecular formula is C17H16FNO3. The first-order chi connectivity index (χ1) is 10.6. The van der Waals surface area contributed by atoms with Gasteiger partial charge in [0.25, 0.3) is 0 Å². The number of carbonyl (C=O) groups is 2. The molecule has 2 fully saturated rings. The summed E-state index contributed by atoms with van der Waals surface area (Å²) in [5, 5.41) is 12.3. The number of allylic oxidation sites excluding steroid dienone is 2. The van der Waals surface area contributed by atoms with Crippen LogP contribution in [0.2, 0.25) is 0 Å². The van der Waals surface area contributed by atoms with Gasteiger partial charge in [0.2, 0.25) is 5.91 Å². The first-order valence-electron chi connectivity index (χ1n) is 7.54. The van der Waals surface area contributed by atoms with E-state index in [-0.39, 0.29) is 23.6 Å². The van der Waals surface area contributed by atoms with E-state index < -0.39 is 17.8 Å². The second kappa shape index (κ2) is 4.66. The number of hydrogen-bond donors (Lipinski definition) is 2. The van der Waals surface area contributed by atoms with Gasteiger partial charge in [0.1, 0.15) is 5.82 Å². The number of carboxylic acid groups (broad SMARTS) is 1. The van der Waals surface area contributed by atoms with Crippen molar-refractivity contribution in [3.63, 3.8) is 0 Å². The summed E-state index contributed by atoms with van der Waals surface area (Å²) in [7, 11) is 0. The van der Waals surface area contributed by atoms with E-state index in [1.807, 2.05) is 12.2 Å². The second-order valence-electron chi connectivity index (χ2n) is 6.49. The smallest absolute Gasteiger partial charge is 0.307 e. The van der Waals surface area contributed by atoms with Crippen molar-refractivity contribution in [1.82, 2.24) is 0 Å². The van der Waals surface area contributed by atoms with Gasteiger partial charge in [-0.1, -0.05) is 12.2 Å². The molecule has 2 N–H and O–H groups in total. The molecule has 1 aromatic rings. The quantitative estimate of drug-likeness (QED) is 0.843. The summed E-state index contributed by atoms with van der Waals surface area (Å²) in [6.07, 6.45) is 5.03. The van der Waals surface area contributed by atoms with Crippen LogP contribution in [-0.2, 0) is 9.59 Å². The highest BCUT2D eigenvalue weighted by Crippen LogP contribution is 2.63. The first-order valence-corrected chi connectivity index (χ1v) is 7.54. The van der Waals surface area contributed by atoms with Crippen LogP contribution in [0.5, 0.6) is 0 Å². The van der Waals surface area contributed by atoms with Crippen LogP contribution >= 0.6 is 0 Å². The lowest BCUT2D eigenvalue weighted by Gasteiger charge is -2.41. The molecule has 0 radical (unpaired) electrons. The number of carbonyl (C=O) groups excluding carboxylic acids is 1. The number of anilines is 1. The number of hydrogen-bond acceptors (Lipinski definition) is 2. The first kappa shape index (κ1) is 13.5. The Hall–Kier alpha value is -2.17. The summed E-state index contributed by atoms with van der Waals surface area (Å²) in [4.78, 5) is 24.3. The van der Waals surface area contributed by atoms with Crippen LogP contribution in [0.3, 0.4) is 0 Å². The minimum absolute atomic E-state index is 0.0107. The Morgan fingerprint density at radius 1 is 1.05 bits per heavy atom. The Labute approximate surface area is 127 Å². The number of carboxylic acids is 1. The van der Waals surface area contributed by atoms with Crippen LogP contribution in [0.25, 0.3) is 0 Å². The van der Waals surface area contributed by atoms with E-state index in [0.717, 1.165) is 6.42 Å². The van der Waals surface area contributed by atoms with Gasteiger partial charge in [-0.2, -0.15) is 0 Å². The van der Waals surface area contributed by atoms with Crippen molar-refractivity contribution in [2.45, 2.75) is 6.42 Å². The molecule has 2 bridgehead atoms. The van der Waals surface area contributed by atoms with Crippen LogP contribution < -0.4 is 5.32 Å². The SMILES string of the molecule is O=C(O)C1C2C=CC(C3CC23)C1C(=O)Nc1ccc(F)cc1. The topological polar surface area (TPSA) is 66.4 Å². The average Bonchev–Trinajstić information content (AvgIpc) is 3.30. The summed E-state index contributed by atoms with van der Waals surface area (Å²) in [6, 6.07) is 5.52. The fraction of sp³-hybridized carbons (Fsp3) is 0.412. The van der Waals surface area contributed by atoms with Crippen LogP contribution in [0.4, 0.5) is 10.1 Å². The Morgan fingerprint density at radius 3 is 2.23 bits per heavy atom. The van der Waals surface area contributed by atoms with Crippen molar-refractivity contribution in [3.8, 4) is 0 Å². The Balaban J connectivity index is 1.60. The van der Waals surface area contributed by atoms with Crippen molar-refractivity contribution in [2.24, 2.45) is 35.5 Å². The largest absolute Gasteiger partial charge is 0.481 e. The van der Waals surface area contributed by atoms with Crippen LogP contribution in [-0.4, -0.2) is 17.0 Å². The molecule has 4 aliphatic rings. The molecule has 6 unspecified atom stereocenters.